The van der Waals surface area contributed by atoms with Gasteiger partial charge in [-0.15, -0.1) is 0 Å². The maximum Gasteiger partial charge on any atom is 0.225 e. The van der Waals surface area contributed by atoms with Crippen LogP contribution < -0.4 is 5.73 Å². The highest BCUT2D eigenvalue weighted by Crippen LogP contribution is 2.36. The number of carbonyl (C=O) groups excluding carboxylic acids is 1. The standard InChI is InChI=1S/C14H24N2O2/c15-10-7-11-4-5-12(8-10)16(11)14(17)9-13-3-1-2-6-18-13/h10-13H,1-9,15H2. The second-order valence-corrected chi connectivity index (χ2v) is 6.11. The van der Waals surface area contributed by atoms with Crippen molar-refractivity contribution in [3.63, 3.8) is 0 Å². The highest BCUT2D eigenvalue weighted by Gasteiger charge is 2.42. The number of nitrogens with zero attached hydrogens (tertiary/aromatic N) is 1. The number of amides is 1. The van der Waals surface area contributed by atoms with E-state index in [1.165, 1.54) is 6.42 Å². The molecule has 0 aromatic heterocycles. The Balaban J connectivity index is 1.59. The molecule has 3 rings (SSSR count). The van der Waals surface area contributed by atoms with Gasteiger partial charge in [-0.2, -0.15) is 0 Å². The summed E-state index contributed by atoms with van der Waals surface area (Å²) in [6, 6.07) is 1.13. The predicted molar refractivity (Wildman–Crippen MR) is 69.1 cm³/mol. The second kappa shape index (κ2) is 5.17. The predicted octanol–water partition coefficient (Wildman–Crippen LogP) is 1.43. The maximum atomic E-state index is 12.4. The number of rotatable bonds is 2. The van der Waals surface area contributed by atoms with Gasteiger partial charge in [-0.25, -0.2) is 0 Å². The minimum Gasteiger partial charge on any atom is -0.378 e. The number of carbonyl (C=O) groups is 1. The molecule has 3 atom stereocenters. The van der Waals surface area contributed by atoms with Crippen LogP contribution in [0.2, 0.25) is 0 Å². The average molecular weight is 252 g/mol. The molecule has 2 N–H and O–H groups in total. The van der Waals surface area contributed by atoms with Gasteiger partial charge in [-0.1, -0.05) is 0 Å². The monoisotopic (exact) mass is 252 g/mol. The molecule has 3 unspecified atom stereocenters. The molecule has 2 bridgehead atoms. The summed E-state index contributed by atoms with van der Waals surface area (Å²) in [5.74, 6) is 0.307. The van der Waals surface area contributed by atoms with Crippen LogP contribution in [-0.2, 0) is 9.53 Å². The third-order valence-corrected chi connectivity index (χ3v) is 4.73. The molecule has 0 aromatic carbocycles. The van der Waals surface area contributed by atoms with E-state index < -0.39 is 0 Å². The highest BCUT2D eigenvalue weighted by molar-refractivity contribution is 5.78. The first-order valence-corrected chi connectivity index (χ1v) is 7.42. The van der Waals surface area contributed by atoms with Crippen molar-refractivity contribution in [2.24, 2.45) is 5.73 Å². The maximum absolute atomic E-state index is 12.4. The molecule has 18 heavy (non-hydrogen) atoms. The quantitative estimate of drug-likeness (QED) is 0.809. The van der Waals surface area contributed by atoms with Crippen molar-refractivity contribution >= 4 is 5.91 Å². The summed E-state index contributed by atoms with van der Waals surface area (Å²) >= 11 is 0. The minimum absolute atomic E-state index is 0.168. The fraction of sp³-hybridized carbons (Fsp3) is 0.929. The summed E-state index contributed by atoms with van der Waals surface area (Å²) in [5.41, 5.74) is 6.04. The number of fused-ring (bicyclic) bond motifs is 2. The first-order chi connectivity index (χ1) is 8.74. The lowest BCUT2D eigenvalue weighted by molar-refractivity contribution is -0.139. The van der Waals surface area contributed by atoms with E-state index in [0.29, 0.717) is 30.5 Å². The van der Waals surface area contributed by atoms with Crippen LogP contribution in [0.15, 0.2) is 0 Å². The zero-order valence-electron chi connectivity index (χ0n) is 11.0. The van der Waals surface area contributed by atoms with Crippen LogP contribution in [0.5, 0.6) is 0 Å². The summed E-state index contributed by atoms with van der Waals surface area (Å²) in [4.78, 5) is 14.6. The van der Waals surface area contributed by atoms with Crippen molar-refractivity contribution in [1.29, 1.82) is 0 Å². The van der Waals surface area contributed by atoms with E-state index >= 15 is 0 Å². The molecule has 4 nitrogen and oxygen atoms in total. The number of piperidine rings is 1. The Morgan fingerprint density at radius 2 is 1.89 bits per heavy atom. The first kappa shape index (κ1) is 12.4. The van der Waals surface area contributed by atoms with Gasteiger partial charge in [-0.3, -0.25) is 4.79 Å². The van der Waals surface area contributed by atoms with Gasteiger partial charge in [0.15, 0.2) is 0 Å². The van der Waals surface area contributed by atoms with Crippen molar-refractivity contribution in [3.8, 4) is 0 Å². The van der Waals surface area contributed by atoms with Gasteiger partial charge in [0.25, 0.3) is 0 Å². The van der Waals surface area contributed by atoms with E-state index in [4.69, 9.17) is 10.5 Å². The van der Waals surface area contributed by atoms with Gasteiger partial charge in [0.1, 0.15) is 0 Å². The molecule has 3 aliphatic rings. The molecule has 0 aliphatic carbocycles. The Labute approximate surface area is 109 Å². The zero-order chi connectivity index (χ0) is 12.5. The third kappa shape index (κ3) is 2.41. The van der Waals surface area contributed by atoms with E-state index in [-0.39, 0.29) is 6.10 Å². The third-order valence-electron chi connectivity index (χ3n) is 4.73. The molecule has 102 valence electrons. The van der Waals surface area contributed by atoms with Crippen molar-refractivity contribution in [1.82, 2.24) is 4.90 Å². The van der Waals surface area contributed by atoms with Crippen LogP contribution >= 0.6 is 0 Å². The summed E-state index contributed by atoms with van der Waals surface area (Å²) in [6.07, 6.45) is 8.44. The van der Waals surface area contributed by atoms with Crippen LogP contribution in [0.1, 0.15) is 51.4 Å². The zero-order valence-corrected chi connectivity index (χ0v) is 11.0. The lowest BCUT2D eigenvalue weighted by Gasteiger charge is -2.38. The summed E-state index contributed by atoms with van der Waals surface area (Å²) < 4.78 is 5.68. The number of hydrogen-bond donors (Lipinski definition) is 1. The minimum atomic E-state index is 0.168. The Morgan fingerprint density at radius 3 is 2.50 bits per heavy atom. The van der Waals surface area contributed by atoms with E-state index in [1.54, 1.807) is 0 Å². The number of hydrogen-bond acceptors (Lipinski definition) is 3. The molecule has 0 radical (unpaired) electrons. The summed E-state index contributed by atoms with van der Waals surface area (Å²) in [5, 5.41) is 0. The van der Waals surface area contributed by atoms with E-state index in [1.807, 2.05) is 0 Å². The molecule has 3 aliphatic heterocycles. The number of ether oxygens (including phenoxy) is 1. The highest BCUT2D eigenvalue weighted by atomic mass is 16.5. The molecule has 3 saturated heterocycles. The molecule has 0 saturated carbocycles. The van der Waals surface area contributed by atoms with Crippen LogP contribution in [0, 0.1) is 0 Å². The molecule has 0 spiro atoms. The second-order valence-electron chi connectivity index (χ2n) is 6.11. The van der Waals surface area contributed by atoms with E-state index in [9.17, 15) is 4.79 Å². The Kier molecular flexibility index (Phi) is 3.57. The molecule has 4 heteroatoms. The fourth-order valence-electron chi connectivity index (χ4n) is 3.89. The van der Waals surface area contributed by atoms with E-state index in [0.717, 1.165) is 45.1 Å². The fourth-order valence-corrected chi connectivity index (χ4v) is 3.89. The van der Waals surface area contributed by atoms with Gasteiger partial charge < -0.3 is 15.4 Å². The Morgan fingerprint density at radius 1 is 1.17 bits per heavy atom. The van der Waals surface area contributed by atoms with Crippen LogP contribution in [-0.4, -0.2) is 41.6 Å². The molecule has 3 heterocycles. The lowest BCUT2D eigenvalue weighted by atomic mass is 9.97. The lowest BCUT2D eigenvalue weighted by Crippen LogP contribution is -2.50. The van der Waals surface area contributed by atoms with Crippen LogP contribution in [0.25, 0.3) is 0 Å². The van der Waals surface area contributed by atoms with Crippen molar-refractivity contribution in [3.05, 3.63) is 0 Å². The van der Waals surface area contributed by atoms with Gasteiger partial charge in [0.05, 0.1) is 12.5 Å². The summed E-state index contributed by atoms with van der Waals surface area (Å²) in [7, 11) is 0. The van der Waals surface area contributed by atoms with Gasteiger partial charge in [0, 0.05) is 24.7 Å². The summed E-state index contributed by atoms with van der Waals surface area (Å²) in [6.45, 7) is 0.829. The van der Waals surface area contributed by atoms with Gasteiger partial charge in [0.2, 0.25) is 5.91 Å². The largest absolute Gasteiger partial charge is 0.378 e. The van der Waals surface area contributed by atoms with Crippen LogP contribution in [0.4, 0.5) is 0 Å². The average Bonchev–Trinajstić information content (AvgIpc) is 2.63. The first-order valence-electron chi connectivity index (χ1n) is 7.42. The molecule has 3 fully saturated rings. The number of nitrogens with two attached hydrogens (primary N) is 1. The van der Waals surface area contributed by atoms with Crippen molar-refractivity contribution in [2.75, 3.05) is 6.61 Å². The molecular weight excluding hydrogens is 228 g/mol. The topological polar surface area (TPSA) is 55.6 Å². The molecular formula is C14H24N2O2. The molecule has 1 amide bonds. The Hall–Kier alpha value is -0.610. The Bertz CT molecular complexity index is 301. The van der Waals surface area contributed by atoms with Crippen molar-refractivity contribution < 1.29 is 9.53 Å². The van der Waals surface area contributed by atoms with Gasteiger partial charge >= 0.3 is 0 Å². The normalized spacial score (nSPS) is 39.9. The van der Waals surface area contributed by atoms with E-state index in [2.05, 4.69) is 4.90 Å². The SMILES string of the molecule is NC1CC2CCC(C1)N2C(=O)CC1CCCCO1. The van der Waals surface area contributed by atoms with Crippen molar-refractivity contribution in [2.45, 2.75) is 75.6 Å². The molecule has 0 aromatic rings. The van der Waals surface area contributed by atoms with Gasteiger partial charge in [-0.05, 0) is 44.9 Å². The van der Waals surface area contributed by atoms with Crippen LogP contribution in [0.3, 0.4) is 0 Å². The smallest absolute Gasteiger partial charge is 0.225 e.